The number of ketones is 1. The van der Waals surface area contributed by atoms with Gasteiger partial charge in [0.25, 0.3) is 0 Å². The topological polar surface area (TPSA) is 69.7 Å². The first kappa shape index (κ1) is 17.0. The maximum Gasteiger partial charge on any atom is 0.310 e. The fourth-order valence-corrected chi connectivity index (χ4v) is 4.70. The van der Waals surface area contributed by atoms with Crippen molar-refractivity contribution in [2.75, 3.05) is 13.2 Å². The largest absolute Gasteiger partial charge is 0.466 e. The number of esters is 2. The zero-order valence-electron chi connectivity index (χ0n) is 14.7. The number of benzene rings is 1. The van der Waals surface area contributed by atoms with Gasteiger partial charge in [0.15, 0.2) is 12.4 Å². The molecule has 0 radical (unpaired) electrons. The molecule has 0 aromatic heterocycles. The van der Waals surface area contributed by atoms with Crippen molar-refractivity contribution in [3.63, 3.8) is 0 Å². The number of hydrogen-bond donors (Lipinski definition) is 0. The highest BCUT2D eigenvalue weighted by Gasteiger charge is 2.63. The fourth-order valence-electron chi connectivity index (χ4n) is 4.70. The molecule has 4 aliphatic rings. The van der Waals surface area contributed by atoms with E-state index in [0.717, 1.165) is 6.42 Å². The van der Waals surface area contributed by atoms with Crippen LogP contribution in [0.4, 0.5) is 0 Å². The van der Waals surface area contributed by atoms with Gasteiger partial charge in [-0.05, 0) is 37.0 Å². The lowest BCUT2D eigenvalue weighted by atomic mass is 9.62. The molecule has 2 saturated carbocycles. The lowest BCUT2D eigenvalue weighted by molar-refractivity contribution is -0.167. The van der Waals surface area contributed by atoms with Gasteiger partial charge in [0, 0.05) is 5.56 Å². The predicted octanol–water partition coefficient (Wildman–Crippen LogP) is 2.66. The maximum atomic E-state index is 12.8. The molecular formula is C21H22O5. The van der Waals surface area contributed by atoms with Gasteiger partial charge in [-0.25, -0.2) is 0 Å². The van der Waals surface area contributed by atoms with Crippen LogP contribution in [0, 0.1) is 35.5 Å². The minimum Gasteiger partial charge on any atom is -0.466 e. The van der Waals surface area contributed by atoms with Gasteiger partial charge in [-0.1, -0.05) is 42.5 Å². The standard InChI is InChI=1S/C21H22O5/c1-2-25-20(23)18-13-8-9-14(16-10-15(13)16)19(18)21(24)26-11-17(22)12-6-4-3-5-7-12/h3-9,13-16,18-19H,2,10-11H2,1H3/t13-,14-,15-,16-,18+,19-/m0/s1. The number of fused-ring (bicyclic) bond motifs is 1. The highest BCUT2D eigenvalue weighted by Crippen LogP contribution is 2.63. The quantitative estimate of drug-likeness (QED) is 0.446. The van der Waals surface area contributed by atoms with Gasteiger partial charge >= 0.3 is 11.9 Å². The third-order valence-electron chi connectivity index (χ3n) is 5.92. The first-order valence-electron chi connectivity index (χ1n) is 9.21. The second kappa shape index (κ2) is 6.71. The Morgan fingerprint density at radius 2 is 1.50 bits per heavy atom. The molecular weight excluding hydrogens is 332 g/mol. The molecule has 1 aromatic rings. The van der Waals surface area contributed by atoms with Crippen LogP contribution < -0.4 is 0 Å². The minimum atomic E-state index is -0.545. The van der Waals surface area contributed by atoms with Crippen molar-refractivity contribution in [3.8, 4) is 0 Å². The van der Waals surface area contributed by atoms with E-state index in [-0.39, 0.29) is 30.2 Å². The van der Waals surface area contributed by atoms with Crippen LogP contribution in [0.3, 0.4) is 0 Å². The number of allylic oxidation sites excluding steroid dienone is 2. The van der Waals surface area contributed by atoms with Gasteiger partial charge < -0.3 is 9.47 Å². The zero-order valence-corrected chi connectivity index (χ0v) is 14.7. The summed E-state index contributed by atoms with van der Waals surface area (Å²) in [5, 5.41) is 0. The van der Waals surface area contributed by atoms with Crippen molar-refractivity contribution in [1.29, 1.82) is 0 Å². The highest BCUT2D eigenvalue weighted by atomic mass is 16.5. The van der Waals surface area contributed by atoms with Crippen LogP contribution in [0.1, 0.15) is 23.7 Å². The summed E-state index contributed by atoms with van der Waals surface area (Å²) in [6.07, 6.45) is 5.17. The summed E-state index contributed by atoms with van der Waals surface area (Å²) in [6.45, 7) is 1.75. The molecule has 0 aliphatic heterocycles. The number of Topliss-reactive ketones (excluding diaryl/α,β-unsaturated/α-hetero) is 1. The average molecular weight is 354 g/mol. The summed E-state index contributed by atoms with van der Waals surface area (Å²) >= 11 is 0. The predicted molar refractivity (Wildman–Crippen MR) is 93.1 cm³/mol. The van der Waals surface area contributed by atoms with Gasteiger partial charge in [0.2, 0.25) is 0 Å². The molecule has 136 valence electrons. The van der Waals surface area contributed by atoms with Gasteiger partial charge in [-0.3, -0.25) is 14.4 Å². The van der Waals surface area contributed by atoms with E-state index in [9.17, 15) is 14.4 Å². The first-order chi connectivity index (χ1) is 12.6. The molecule has 2 fully saturated rings. The van der Waals surface area contributed by atoms with Crippen LogP contribution in [0.25, 0.3) is 0 Å². The Bertz CT molecular complexity index is 753. The highest BCUT2D eigenvalue weighted by molar-refractivity contribution is 5.98. The van der Waals surface area contributed by atoms with E-state index in [4.69, 9.17) is 9.47 Å². The molecule has 6 atom stereocenters. The Balaban J connectivity index is 1.47. The van der Waals surface area contributed by atoms with Crippen LogP contribution in [0.2, 0.25) is 0 Å². The van der Waals surface area contributed by atoms with Gasteiger partial charge in [0.1, 0.15) is 0 Å². The number of rotatable bonds is 6. The smallest absolute Gasteiger partial charge is 0.310 e. The average Bonchev–Trinajstić information content (AvgIpc) is 3.48. The van der Waals surface area contributed by atoms with Crippen molar-refractivity contribution in [2.45, 2.75) is 13.3 Å². The van der Waals surface area contributed by atoms with Gasteiger partial charge in [-0.2, -0.15) is 0 Å². The molecule has 0 amide bonds. The van der Waals surface area contributed by atoms with E-state index in [1.54, 1.807) is 31.2 Å². The lowest BCUT2D eigenvalue weighted by Gasteiger charge is -2.41. The number of carbonyl (C=O) groups is 3. The molecule has 5 rings (SSSR count). The van der Waals surface area contributed by atoms with E-state index < -0.39 is 17.8 Å². The van der Waals surface area contributed by atoms with E-state index >= 15 is 0 Å². The Labute approximate surface area is 152 Å². The van der Waals surface area contributed by atoms with E-state index in [1.807, 2.05) is 6.07 Å². The summed E-state index contributed by atoms with van der Waals surface area (Å²) in [4.78, 5) is 37.5. The van der Waals surface area contributed by atoms with Crippen LogP contribution in [-0.2, 0) is 19.1 Å². The molecule has 0 N–H and O–H groups in total. The van der Waals surface area contributed by atoms with Gasteiger partial charge in [-0.15, -0.1) is 0 Å². The summed E-state index contributed by atoms with van der Waals surface area (Å²) in [5.41, 5.74) is 0.509. The van der Waals surface area contributed by atoms with Crippen LogP contribution in [0.5, 0.6) is 0 Å². The van der Waals surface area contributed by atoms with E-state index in [0.29, 0.717) is 24.0 Å². The minimum absolute atomic E-state index is 0.0127. The molecule has 0 heterocycles. The lowest BCUT2D eigenvalue weighted by Crippen LogP contribution is -2.48. The molecule has 1 aromatic carbocycles. The van der Waals surface area contributed by atoms with Crippen molar-refractivity contribution in [2.24, 2.45) is 35.5 Å². The Kier molecular flexibility index (Phi) is 4.39. The van der Waals surface area contributed by atoms with Crippen LogP contribution in [0.15, 0.2) is 42.5 Å². The molecule has 26 heavy (non-hydrogen) atoms. The Morgan fingerprint density at radius 1 is 0.923 bits per heavy atom. The number of hydrogen-bond acceptors (Lipinski definition) is 5. The Morgan fingerprint density at radius 3 is 2.08 bits per heavy atom. The first-order valence-corrected chi connectivity index (χ1v) is 9.21. The summed E-state index contributed by atoms with van der Waals surface area (Å²) in [6, 6.07) is 8.74. The summed E-state index contributed by atoms with van der Waals surface area (Å²) in [7, 11) is 0. The molecule has 0 unspecified atom stereocenters. The van der Waals surface area contributed by atoms with E-state index in [1.165, 1.54) is 0 Å². The van der Waals surface area contributed by atoms with Gasteiger partial charge in [0.05, 0.1) is 18.4 Å². The summed E-state index contributed by atoms with van der Waals surface area (Å²) < 4.78 is 10.6. The molecule has 0 spiro atoms. The molecule has 0 saturated heterocycles. The van der Waals surface area contributed by atoms with E-state index in [2.05, 4.69) is 12.2 Å². The number of ether oxygens (including phenoxy) is 2. The monoisotopic (exact) mass is 354 g/mol. The molecule has 5 nitrogen and oxygen atoms in total. The van der Waals surface area contributed by atoms with Crippen molar-refractivity contribution >= 4 is 17.7 Å². The third-order valence-corrected chi connectivity index (χ3v) is 5.92. The summed E-state index contributed by atoms with van der Waals surface area (Å²) in [5.74, 6) is -1.07. The van der Waals surface area contributed by atoms with Crippen molar-refractivity contribution in [1.82, 2.24) is 0 Å². The third kappa shape index (κ3) is 2.85. The molecule has 4 aliphatic carbocycles. The van der Waals surface area contributed by atoms with Crippen molar-refractivity contribution < 1.29 is 23.9 Å². The van der Waals surface area contributed by atoms with Crippen LogP contribution in [-0.4, -0.2) is 30.9 Å². The Hall–Kier alpha value is -2.43. The SMILES string of the molecule is CCOC(=O)[C@@H]1[C@H]2C=C[C@@H]([C@@H]3C[C@@H]23)[C@@H]1C(=O)OCC(=O)c1ccccc1. The van der Waals surface area contributed by atoms with Crippen LogP contribution >= 0.6 is 0 Å². The number of carbonyl (C=O) groups excluding carboxylic acids is 3. The maximum absolute atomic E-state index is 12.8. The molecule has 5 heteroatoms. The molecule has 2 bridgehead atoms. The van der Waals surface area contributed by atoms with Crippen molar-refractivity contribution in [3.05, 3.63) is 48.0 Å². The normalized spacial score (nSPS) is 33.3. The second-order valence-electron chi connectivity index (χ2n) is 7.30. The zero-order chi connectivity index (χ0) is 18.3. The second-order valence-corrected chi connectivity index (χ2v) is 7.30. The fraction of sp³-hybridized carbons (Fsp3) is 0.476.